The molecular formula is C14H12N2O3. The summed E-state index contributed by atoms with van der Waals surface area (Å²) >= 11 is 0. The standard InChI is InChI=1S/C14H12N2O3/c17-9-10-2-1-3-12(6-10)15-8-11-7-13(16-19)4-5-14(11)18/h1-8,17-18H,9H2. The number of phenols is 1. The highest BCUT2D eigenvalue weighted by Crippen LogP contribution is 2.22. The third-order valence-electron chi connectivity index (χ3n) is 2.56. The third-order valence-corrected chi connectivity index (χ3v) is 2.56. The number of benzene rings is 2. The lowest BCUT2D eigenvalue weighted by Gasteiger charge is -2.00. The summed E-state index contributed by atoms with van der Waals surface area (Å²) < 4.78 is 0. The summed E-state index contributed by atoms with van der Waals surface area (Å²) in [5.74, 6) is 0.0227. The molecular weight excluding hydrogens is 244 g/mol. The fraction of sp³-hybridized carbons (Fsp3) is 0.0714. The number of aromatic hydroxyl groups is 1. The molecule has 0 spiro atoms. The molecule has 5 nitrogen and oxygen atoms in total. The van der Waals surface area contributed by atoms with Gasteiger partial charge < -0.3 is 10.2 Å². The van der Waals surface area contributed by atoms with Gasteiger partial charge in [-0.05, 0) is 41.1 Å². The number of phenolic OH excluding ortho intramolecular Hbond substituents is 1. The van der Waals surface area contributed by atoms with Gasteiger partial charge in [-0.3, -0.25) is 4.99 Å². The Morgan fingerprint density at radius 3 is 2.68 bits per heavy atom. The first-order valence-corrected chi connectivity index (χ1v) is 5.63. The first-order chi connectivity index (χ1) is 9.22. The van der Waals surface area contributed by atoms with E-state index in [1.165, 1.54) is 24.4 Å². The molecule has 5 heteroatoms. The maximum Gasteiger partial charge on any atom is 0.124 e. The maximum atomic E-state index is 10.4. The minimum atomic E-state index is -0.0564. The number of aliphatic hydroxyl groups excluding tert-OH is 1. The largest absolute Gasteiger partial charge is 0.507 e. The van der Waals surface area contributed by atoms with Crippen molar-refractivity contribution in [2.45, 2.75) is 6.61 Å². The zero-order chi connectivity index (χ0) is 13.7. The Morgan fingerprint density at radius 1 is 1.11 bits per heavy atom. The van der Waals surface area contributed by atoms with Crippen LogP contribution in [-0.4, -0.2) is 16.4 Å². The monoisotopic (exact) mass is 256 g/mol. The zero-order valence-corrected chi connectivity index (χ0v) is 10.0. The Balaban J connectivity index is 2.28. The third kappa shape index (κ3) is 3.23. The van der Waals surface area contributed by atoms with E-state index in [1.807, 2.05) is 0 Å². The molecule has 0 unspecified atom stereocenters. The number of rotatable bonds is 4. The number of hydrogen-bond donors (Lipinski definition) is 2. The van der Waals surface area contributed by atoms with Crippen molar-refractivity contribution in [3.05, 3.63) is 58.5 Å². The van der Waals surface area contributed by atoms with Crippen LogP contribution in [0.4, 0.5) is 11.4 Å². The van der Waals surface area contributed by atoms with E-state index in [1.54, 1.807) is 24.3 Å². The summed E-state index contributed by atoms with van der Waals surface area (Å²) in [4.78, 5) is 14.6. The van der Waals surface area contributed by atoms with Crippen molar-refractivity contribution in [2.24, 2.45) is 10.2 Å². The predicted molar refractivity (Wildman–Crippen MR) is 73.2 cm³/mol. The summed E-state index contributed by atoms with van der Waals surface area (Å²) in [5.41, 5.74) is 2.03. The second-order valence-corrected chi connectivity index (χ2v) is 3.92. The van der Waals surface area contributed by atoms with Gasteiger partial charge in [0.25, 0.3) is 0 Å². The van der Waals surface area contributed by atoms with Crippen LogP contribution in [0.5, 0.6) is 5.75 Å². The highest BCUT2D eigenvalue weighted by atomic mass is 16.3. The molecule has 2 N–H and O–H groups in total. The van der Waals surface area contributed by atoms with Crippen LogP contribution in [0, 0.1) is 4.91 Å². The first-order valence-electron chi connectivity index (χ1n) is 5.63. The van der Waals surface area contributed by atoms with E-state index in [9.17, 15) is 10.0 Å². The van der Waals surface area contributed by atoms with Crippen LogP contribution in [0.2, 0.25) is 0 Å². The summed E-state index contributed by atoms with van der Waals surface area (Å²) in [5, 5.41) is 21.5. The fourth-order valence-corrected chi connectivity index (χ4v) is 1.58. The molecule has 0 radical (unpaired) electrons. The molecule has 0 bridgehead atoms. The molecule has 0 saturated carbocycles. The molecule has 0 aromatic heterocycles. The Labute approximate surface area is 109 Å². The summed E-state index contributed by atoms with van der Waals surface area (Å²) in [6.45, 7) is -0.0564. The average molecular weight is 256 g/mol. The van der Waals surface area contributed by atoms with Crippen LogP contribution >= 0.6 is 0 Å². The van der Waals surface area contributed by atoms with Gasteiger partial charge in [0.15, 0.2) is 0 Å². The van der Waals surface area contributed by atoms with Gasteiger partial charge >= 0.3 is 0 Å². The van der Waals surface area contributed by atoms with Crippen LogP contribution in [0.25, 0.3) is 0 Å². The predicted octanol–water partition coefficient (Wildman–Crippen LogP) is 3.03. The zero-order valence-electron chi connectivity index (χ0n) is 10.0. The van der Waals surface area contributed by atoms with Crippen molar-refractivity contribution in [3.63, 3.8) is 0 Å². The summed E-state index contributed by atoms with van der Waals surface area (Å²) in [7, 11) is 0. The Morgan fingerprint density at radius 2 is 1.95 bits per heavy atom. The highest BCUT2D eigenvalue weighted by Gasteiger charge is 2.01. The van der Waals surface area contributed by atoms with Crippen molar-refractivity contribution in [3.8, 4) is 5.75 Å². The van der Waals surface area contributed by atoms with E-state index in [2.05, 4.69) is 10.2 Å². The van der Waals surface area contributed by atoms with Crippen LogP contribution < -0.4 is 0 Å². The van der Waals surface area contributed by atoms with Crippen LogP contribution in [0.15, 0.2) is 52.6 Å². The molecule has 0 fully saturated rings. The molecule has 0 heterocycles. The molecule has 0 amide bonds. The number of aliphatic hydroxyl groups is 1. The van der Waals surface area contributed by atoms with Crippen LogP contribution in [0.3, 0.4) is 0 Å². The minimum absolute atomic E-state index is 0.0227. The van der Waals surface area contributed by atoms with E-state index in [0.29, 0.717) is 11.3 Å². The summed E-state index contributed by atoms with van der Waals surface area (Å²) in [6, 6.07) is 11.3. The molecule has 2 aromatic rings. The number of aliphatic imine (C=N–C) groups is 1. The van der Waals surface area contributed by atoms with Gasteiger partial charge in [-0.15, -0.1) is 4.91 Å². The van der Waals surface area contributed by atoms with E-state index >= 15 is 0 Å². The second kappa shape index (κ2) is 5.88. The Hall–Kier alpha value is -2.53. The van der Waals surface area contributed by atoms with Crippen molar-refractivity contribution in [1.82, 2.24) is 0 Å². The topological polar surface area (TPSA) is 82.2 Å². The molecule has 0 saturated heterocycles. The van der Waals surface area contributed by atoms with Gasteiger partial charge in [0.05, 0.1) is 12.3 Å². The van der Waals surface area contributed by atoms with E-state index in [-0.39, 0.29) is 18.0 Å². The van der Waals surface area contributed by atoms with Crippen molar-refractivity contribution >= 4 is 17.6 Å². The van der Waals surface area contributed by atoms with Gasteiger partial charge in [-0.25, -0.2) is 0 Å². The Kier molecular flexibility index (Phi) is 4.00. The average Bonchev–Trinajstić information content (AvgIpc) is 2.46. The van der Waals surface area contributed by atoms with E-state index in [0.717, 1.165) is 5.56 Å². The first kappa shape index (κ1) is 12.9. The minimum Gasteiger partial charge on any atom is -0.507 e. The second-order valence-electron chi connectivity index (χ2n) is 3.92. The molecule has 0 atom stereocenters. The molecule has 2 rings (SSSR count). The quantitative estimate of drug-likeness (QED) is 0.651. The number of nitrogens with zero attached hydrogens (tertiary/aromatic N) is 2. The molecule has 0 aliphatic heterocycles. The SMILES string of the molecule is O=Nc1ccc(O)c(C=Nc2cccc(CO)c2)c1. The molecule has 0 aliphatic rings. The van der Waals surface area contributed by atoms with E-state index in [4.69, 9.17) is 5.11 Å². The highest BCUT2D eigenvalue weighted by molar-refractivity contribution is 5.86. The van der Waals surface area contributed by atoms with Crippen molar-refractivity contribution < 1.29 is 10.2 Å². The lowest BCUT2D eigenvalue weighted by Crippen LogP contribution is -1.83. The van der Waals surface area contributed by atoms with Gasteiger partial charge in [-0.1, -0.05) is 12.1 Å². The van der Waals surface area contributed by atoms with Gasteiger partial charge in [0.1, 0.15) is 11.4 Å². The lowest BCUT2D eigenvalue weighted by molar-refractivity contribution is 0.282. The maximum absolute atomic E-state index is 10.4. The number of nitroso groups, excluding NO2 is 1. The van der Waals surface area contributed by atoms with Gasteiger partial charge in [0.2, 0.25) is 0 Å². The lowest BCUT2D eigenvalue weighted by atomic mass is 10.2. The van der Waals surface area contributed by atoms with E-state index < -0.39 is 0 Å². The van der Waals surface area contributed by atoms with Gasteiger partial charge in [0, 0.05) is 11.8 Å². The molecule has 0 aliphatic carbocycles. The fourth-order valence-electron chi connectivity index (χ4n) is 1.58. The normalized spacial score (nSPS) is 10.8. The Bertz CT molecular complexity index is 624. The van der Waals surface area contributed by atoms with Crippen LogP contribution in [0.1, 0.15) is 11.1 Å². The van der Waals surface area contributed by atoms with Gasteiger partial charge in [-0.2, -0.15) is 0 Å². The summed E-state index contributed by atoms with van der Waals surface area (Å²) in [6.07, 6.45) is 1.44. The molecule has 19 heavy (non-hydrogen) atoms. The van der Waals surface area contributed by atoms with Crippen LogP contribution in [-0.2, 0) is 6.61 Å². The van der Waals surface area contributed by atoms with Crippen molar-refractivity contribution in [2.75, 3.05) is 0 Å². The smallest absolute Gasteiger partial charge is 0.124 e. The molecule has 2 aromatic carbocycles. The number of hydrogen-bond acceptors (Lipinski definition) is 5. The van der Waals surface area contributed by atoms with Crippen molar-refractivity contribution in [1.29, 1.82) is 0 Å². The molecule has 96 valence electrons.